The number of benzene rings is 1. The highest BCUT2D eigenvalue weighted by Gasteiger charge is 2.12. The van der Waals surface area contributed by atoms with Crippen molar-refractivity contribution in [2.75, 3.05) is 6.54 Å². The van der Waals surface area contributed by atoms with Crippen molar-refractivity contribution in [2.45, 2.75) is 38.6 Å². The van der Waals surface area contributed by atoms with Crippen LogP contribution in [0.5, 0.6) is 0 Å². The van der Waals surface area contributed by atoms with Crippen LogP contribution in [0.25, 0.3) is 0 Å². The van der Waals surface area contributed by atoms with Crippen LogP contribution in [0.4, 0.5) is 4.39 Å². The lowest BCUT2D eigenvalue weighted by molar-refractivity contribution is 0.484. The first-order valence-corrected chi connectivity index (χ1v) is 7.09. The molecule has 0 radical (unpaired) electrons. The minimum Gasteiger partial charge on any atom is -0.310 e. The minimum absolute atomic E-state index is 0.172. The van der Waals surface area contributed by atoms with E-state index in [0.29, 0.717) is 0 Å². The van der Waals surface area contributed by atoms with Crippen LogP contribution in [0.1, 0.15) is 44.2 Å². The van der Waals surface area contributed by atoms with Gasteiger partial charge in [-0.15, -0.1) is 12.3 Å². The summed E-state index contributed by atoms with van der Waals surface area (Å²) in [6.07, 6.45) is 8.97. The first-order valence-electron chi connectivity index (χ1n) is 6.30. The van der Waals surface area contributed by atoms with E-state index in [9.17, 15) is 4.39 Å². The maximum atomic E-state index is 13.4. The van der Waals surface area contributed by atoms with Crippen LogP contribution in [0, 0.1) is 18.2 Å². The van der Waals surface area contributed by atoms with E-state index in [1.165, 1.54) is 6.07 Å². The van der Waals surface area contributed by atoms with Gasteiger partial charge in [-0.3, -0.25) is 0 Å². The molecule has 18 heavy (non-hydrogen) atoms. The molecule has 0 spiro atoms. The maximum absolute atomic E-state index is 13.4. The number of halogens is 2. The SMILES string of the molecule is C#CCCCC(NCCC)c1cc(F)cc(Br)c1. The van der Waals surface area contributed by atoms with Gasteiger partial charge < -0.3 is 5.32 Å². The summed E-state index contributed by atoms with van der Waals surface area (Å²) in [6.45, 7) is 3.04. The van der Waals surface area contributed by atoms with Gasteiger partial charge in [-0.1, -0.05) is 22.9 Å². The van der Waals surface area contributed by atoms with E-state index < -0.39 is 0 Å². The summed E-state index contributed by atoms with van der Waals surface area (Å²) in [5.74, 6) is 2.43. The van der Waals surface area contributed by atoms with E-state index in [0.717, 1.165) is 42.3 Å². The lowest BCUT2D eigenvalue weighted by Crippen LogP contribution is -2.22. The lowest BCUT2D eigenvalue weighted by atomic mass is 10.0. The van der Waals surface area contributed by atoms with E-state index in [1.807, 2.05) is 6.07 Å². The highest BCUT2D eigenvalue weighted by Crippen LogP contribution is 2.24. The average Bonchev–Trinajstić information content (AvgIpc) is 2.32. The van der Waals surface area contributed by atoms with Crippen LogP contribution in [0.3, 0.4) is 0 Å². The molecule has 98 valence electrons. The Morgan fingerprint density at radius 3 is 2.83 bits per heavy atom. The van der Waals surface area contributed by atoms with Crippen molar-refractivity contribution >= 4 is 15.9 Å². The summed E-state index contributed by atoms with van der Waals surface area (Å²) in [5, 5.41) is 3.44. The van der Waals surface area contributed by atoms with Gasteiger partial charge in [0, 0.05) is 16.9 Å². The predicted molar refractivity (Wildman–Crippen MR) is 77.8 cm³/mol. The van der Waals surface area contributed by atoms with Gasteiger partial charge in [0.25, 0.3) is 0 Å². The Bertz CT molecular complexity index is 391. The monoisotopic (exact) mass is 311 g/mol. The molecule has 1 rings (SSSR count). The number of terminal acetylenes is 1. The predicted octanol–water partition coefficient (Wildman–Crippen LogP) is 4.43. The van der Waals surface area contributed by atoms with Gasteiger partial charge >= 0.3 is 0 Å². The third-order valence-corrected chi connectivity index (χ3v) is 3.20. The molecule has 0 amide bonds. The molecular weight excluding hydrogens is 293 g/mol. The van der Waals surface area contributed by atoms with Crippen molar-refractivity contribution in [3.63, 3.8) is 0 Å². The average molecular weight is 312 g/mol. The van der Waals surface area contributed by atoms with Gasteiger partial charge in [0.15, 0.2) is 0 Å². The fourth-order valence-electron chi connectivity index (χ4n) is 1.89. The van der Waals surface area contributed by atoms with Crippen molar-refractivity contribution in [3.8, 4) is 12.3 Å². The van der Waals surface area contributed by atoms with E-state index >= 15 is 0 Å². The van der Waals surface area contributed by atoms with Gasteiger partial charge in [0.1, 0.15) is 5.82 Å². The Morgan fingerprint density at radius 2 is 2.22 bits per heavy atom. The van der Waals surface area contributed by atoms with Crippen LogP contribution in [0.15, 0.2) is 22.7 Å². The molecule has 0 heterocycles. The van der Waals surface area contributed by atoms with Crippen molar-refractivity contribution in [2.24, 2.45) is 0 Å². The Kier molecular flexibility index (Phi) is 7.00. The Balaban J connectivity index is 2.76. The number of unbranched alkanes of at least 4 members (excludes halogenated alkanes) is 1. The molecule has 0 aromatic heterocycles. The molecular formula is C15H19BrFN. The summed E-state index contributed by atoms with van der Waals surface area (Å²) >= 11 is 3.33. The first-order chi connectivity index (χ1) is 8.67. The normalized spacial score (nSPS) is 12.1. The number of rotatable bonds is 7. The molecule has 0 bridgehead atoms. The molecule has 0 aliphatic heterocycles. The fourth-order valence-corrected chi connectivity index (χ4v) is 2.37. The summed E-state index contributed by atoms with van der Waals surface area (Å²) < 4.78 is 14.2. The largest absolute Gasteiger partial charge is 0.310 e. The second-order valence-corrected chi connectivity index (χ2v) is 5.22. The zero-order chi connectivity index (χ0) is 13.4. The van der Waals surface area contributed by atoms with E-state index in [4.69, 9.17) is 6.42 Å². The summed E-state index contributed by atoms with van der Waals surface area (Å²) in [7, 11) is 0. The molecule has 0 aliphatic carbocycles. The van der Waals surface area contributed by atoms with E-state index in [-0.39, 0.29) is 11.9 Å². The lowest BCUT2D eigenvalue weighted by Gasteiger charge is -2.19. The topological polar surface area (TPSA) is 12.0 Å². The van der Waals surface area contributed by atoms with Crippen LogP contribution >= 0.6 is 15.9 Å². The Labute approximate surface area is 117 Å². The standard InChI is InChI=1S/C15H19BrFN/c1-3-5-6-7-15(18-8-4-2)12-9-13(16)11-14(17)10-12/h1,9-11,15,18H,4-8H2,2H3. The molecule has 1 unspecified atom stereocenters. The van der Waals surface area contributed by atoms with Crippen LogP contribution in [-0.2, 0) is 0 Å². The Hall–Kier alpha value is -0.850. The molecule has 0 fully saturated rings. The van der Waals surface area contributed by atoms with Crippen LogP contribution in [0.2, 0.25) is 0 Å². The van der Waals surface area contributed by atoms with Crippen LogP contribution in [-0.4, -0.2) is 6.54 Å². The quantitative estimate of drug-likeness (QED) is 0.580. The number of nitrogens with one attached hydrogen (secondary N) is 1. The summed E-state index contributed by atoms with van der Waals surface area (Å²) in [4.78, 5) is 0. The fraction of sp³-hybridized carbons (Fsp3) is 0.467. The van der Waals surface area contributed by atoms with Crippen molar-refractivity contribution in [1.82, 2.24) is 5.32 Å². The smallest absolute Gasteiger partial charge is 0.124 e. The van der Waals surface area contributed by atoms with E-state index in [1.54, 1.807) is 6.07 Å². The minimum atomic E-state index is -0.209. The van der Waals surface area contributed by atoms with Crippen molar-refractivity contribution in [3.05, 3.63) is 34.1 Å². The number of hydrogen-bond acceptors (Lipinski definition) is 1. The van der Waals surface area contributed by atoms with Gasteiger partial charge in [-0.25, -0.2) is 4.39 Å². The zero-order valence-corrected chi connectivity index (χ0v) is 12.3. The molecule has 1 aromatic rings. The molecule has 1 atom stereocenters. The maximum Gasteiger partial charge on any atom is 0.124 e. The molecule has 0 saturated carbocycles. The molecule has 0 aliphatic rings. The second kappa shape index (κ2) is 8.29. The number of hydrogen-bond donors (Lipinski definition) is 1. The summed E-state index contributed by atoms with van der Waals surface area (Å²) in [5.41, 5.74) is 0.979. The third-order valence-electron chi connectivity index (χ3n) is 2.74. The van der Waals surface area contributed by atoms with Gasteiger partial charge in [0.2, 0.25) is 0 Å². The zero-order valence-electron chi connectivity index (χ0n) is 10.7. The van der Waals surface area contributed by atoms with Gasteiger partial charge in [0.05, 0.1) is 0 Å². The van der Waals surface area contributed by atoms with Gasteiger partial charge in [-0.2, -0.15) is 0 Å². The molecule has 1 N–H and O–H groups in total. The molecule has 1 aromatic carbocycles. The summed E-state index contributed by atoms with van der Waals surface area (Å²) in [6, 6.07) is 5.20. The first kappa shape index (κ1) is 15.2. The van der Waals surface area contributed by atoms with Gasteiger partial charge in [-0.05, 0) is 49.6 Å². The molecule has 0 saturated heterocycles. The third kappa shape index (κ3) is 5.20. The highest BCUT2D eigenvalue weighted by atomic mass is 79.9. The highest BCUT2D eigenvalue weighted by molar-refractivity contribution is 9.10. The van der Waals surface area contributed by atoms with Crippen molar-refractivity contribution in [1.29, 1.82) is 0 Å². The molecule has 3 heteroatoms. The Morgan fingerprint density at radius 1 is 1.44 bits per heavy atom. The van der Waals surface area contributed by atoms with Crippen molar-refractivity contribution < 1.29 is 4.39 Å². The van der Waals surface area contributed by atoms with Crippen LogP contribution < -0.4 is 5.32 Å². The van der Waals surface area contributed by atoms with E-state index in [2.05, 4.69) is 34.1 Å². The molecule has 1 nitrogen and oxygen atoms in total. The second-order valence-electron chi connectivity index (χ2n) is 4.31.